The third-order valence-corrected chi connectivity index (χ3v) is 5.64. The summed E-state index contributed by atoms with van der Waals surface area (Å²) >= 11 is 0. The van der Waals surface area contributed by atoms with E-state index in [1.54, 1.807) is 0 Å². The standard InChI is InChI=1S/C21H29NO2/c1-14(2)11-19(15-7-4-3-5-8-15)22-21(24)18-12-16-9-6-10-17(13-18)20(16)23/h3-5,7-8,14,16-19H,6,9-13H2,1-2H3,(H,22,24)/t16-,17+,18?,19-/m1/s1. The van der Waals surface area contributed by atoms with E-state index in [-0.39, 0.29) is 29.7 Å². The topological polar surface area (TPSA) is 46.2 Å². The SMILES string of the molecule is CC(C)C[C@@H](NC(=O)C1C[C@H]2CCC[C@@H](C1)C2=O)c1ccccc1. The molecule has 0 aliphatic heterocycles. The maximum atomic E-state index is 12.9. The van der Waals surface area contributed by atoms with Crippen molar-refractivity contribution < 1.29 is 9.59 Å². The number of nitrogens with one attached hydrogen (secondary N) is 1. The first kappa shape index (κ1) is 17.2. The van der Waals surface area contributed by atoms with Gasteiger partial charge in [-0.3, -0.25) is 9.59 Å². The van der Waals surface area contributed by atoms with Crippen molar-refractivity contribution in [3.05, 3.63) is 35.9 Å². The molecule has 2 saturated carbocycles. The number of benzene rings is 1. The number of Topliss-reactive ketones (excluding diaryl/α,β-unsaturated/α-hetero) is 1. The van der Waals surface area contributed by atoms with Gasteiger partial charge in [-0.1, -0.05) is 50.6 Å². The summed E-state index contributed by atoms with van der Waals surface area (Å²) in [6.07, 6.45) is 5.55. The molecule has 3 rings (SSSR count). The minimum Gasteiger partial charge on any atom is -0.349 e. The molecule has 3 heteroatoms. The number of carbonyl (C=O) groups is 2. The quantitative estimate of drug-likeness (QED) is 0.877. The summed E-state index contributed by atoms with van der Waals surface area (Å²) in [5.41, 5.74) is 1.17. The van der Waals surface area contributed by atoms with Gasteiger partial charge in [-0.25, -0.2) is 0 Å². The highest BCUT2D eigenvalue weighted by molar-refractivity contribution is 5.88. The lowest BCUT2D eigenvalue weighted by atomic mass is 9.67. The van der Waals surface area contributed by atoms with E-state index in [2.05, 4.69) is 31.3 Å². The number of hydrogen-bond donors (Lipinski definition) is 1. The molecule has 0 spiro atoms. The molecule has 130 valence electrons. The number of fused-ring (bicyclic) bond motifs is 2. The third-order valence-electron chi connectivity index (χ3n) is 5.64. The third kappa shape index (κ3) is 3.88. The minimum absolute atomic E-state index is 0.0105. The Morgan fingerprint density at radius 1 is 1.12 bits per heavy atom. The second kappa shape index (κ2) is 7.50. The lowest BCUT2D eigenvalue weighted by molar-refractivity contribution is -0.138. The molecule has 4 atom stereocenters. The first-order chi connectivity index (χ1) is 11.5. The van der Waals surface area contributed by atoms with Crippen LogP contribution in [0.2, 0.25) is 0 Å². The summed E-state index contributed by atoms with van der Waals surface area (Å²) in [6.45, 7) is 4.37. The van der Waals surface area contributed by atoms with Gasteiger partial charge < -0.3 is 5.32 Å². The van der Waals surface area contributed by atoms with Crippen molar-refractivity contribution in [2.24, 2.45) is 23.7 Å². The van der Waals surface area contributed by atoms with Crippen molar-refractivity contribution >= 4 is 11.7 Å². The summed E-state index contributed by atoms with van der Waals surface area (Å²) in [6, 6.07) is 10.3. The largest absolute Gasteiger partial charge is 0.349 e. The van der Waals surface area contributed by atoms with Crippen molar-refractivity contribution in [2.75, 3.05) is 0 Å². The van der Waals surface area contributed by atoms with Crippen molar-refractivity contribution in [3.8, 4) is 0 Å². The van der Waals surface area contributed by atoms with Gasteiger partial charge in [0, 0.05) is 17.8 Å². The highest BCUT2D eigenvalue weighted by Gasteiger charge is 2.41. The fourth-order valence-electron chi connectivity index (χ4n) is 4.42. The molecule has 2 aliphatic carbocycles. The fourth-order valence-corrected chi connectivity index (χ4v) is 4.42. The van der Waals surface area contributed by atoms with Crippen molar-refractivity contribution in [2.45, 2.75) is 58.4 Å². The predicted molar refractivity (Wildman–Crippen MR) is 95.3 cm³/mol. The summed E-state index contributed by atoms with van der Waals surface area (Å²) in [7, 11) is 0. The van der Waals surface area contributed by atoms with Crippen molar-refractivity contribution in [3.63, 3.8) is 0 Å². The van der Waals surface area contributed by atoms with E-state index < -0.39 is 0 Å². The van der Waals surface area contributed by atoms with E-state index >= 15 is 0 Å². The molecule has 1 aromatic carbocycles. The Balaban J connectivity index is 1.68. The average molecular weight is 327 g/mol. The van der Waals surface area contributed by atoms with Gasteiger partial charge >= 0.3 is 0 Å². The normalized spacial score (nSPS) is 27.8. The number of hydrogen-bond acceptors (Lipinski definition) is 2. The van der Waals surface area contributed by atoms with Gasteiger partial charge in [-0.15, -0.1) is 0 Å². The molecular weight excluding hydrogens is 298 g/mol. The van der Waals surface area contributed by atoms with Gasteiger partial charge in [0.2, 0.25) is 5.91 Å². The molecular formula is C21H29NO2. The van der Waals surface area contributed by atoms with Gasteiger partial charge in [0.25, 0.3) is 0 Å². The van der Waals surface area contributed by atoms with Gasteiger partial charge in [0.15, 0.2) is 0 Å². The molecule has 3 nitrogen and oxygen atoms in total. The highest BCUT2D eigenvalue weighted by Crippen LogP contribution is 2.40. The van der Waals surface area contributed by atoms with Gasteiger partial charge in [0.1, 0.15) is 5.78 Å². The Hall–Kier alpha value is -1.64. The van der Waals surface area contributed by atoms with Crippen LogP contribution in [0, 0.1) is 23.7 Å². The molecule has 0 radical (unpaired) electrons. The molecule has 0 aromatic heterocycles. The molecule has 2 aliphatic rings. The van der Waals surface area contributed by atoms with Crippen LogP contribution in [-0.4, -0.2) is 11.7 Å². The lowest BCUT2D eigenvalue weighted by Crippen LogP contribution is -2.43. The molecule has 1 amide bonds. The molecule has 1 unspecified atom stereocenters. The second-order valence-corrected chi connectivity index (χ2v) is 8.00. The van der Waals surface area contributed by atoms with E-state index in [1.165, 1.54) is 5.56 Å². The minimum atomic E-state index is 0.0105. The first-order valence-corrected chi connectivity index (χ1v) is 9.43. The predicted octanol–water partition coefficient (Wildman–Crippen LogP) is 4.29. The van der Waals surface area contributed by atoms with Crippen LogP contribution in [0.15, 0.2) is 30.3 Å². The smallest absolute Gasteiger partial charge is 0.223 e. The number of amides is 1. The van der Waals surface area contributed by atoms with Crippen LogP contribution in [0.25, 0.3) is 0 Å². The van der Waals surface area contributed by atoms with E-state index in [1.807, 2.05) is 18.2 Å². The van der Waals surface area contributed by atoms with E-state index in [4.69, 9.17) is 0 Å². The molecule has 24 heavy (non-hydrogen) atoms. The summed E-state index contributed by atoms with van der Waals surface area (Å²) in [4.78, 5) is 25.1. The van der Waals surface area contributed by atoms with Crippen LogP contribution in [0.5, 0.6) is 0 Å². The Morgan fingerprint density at radius 3 is 2.33 bits per heavy atom. The summed E-state index contributed by atoms with van der Waals surface area (Å²) in [5.74, 6) is 1.36. The van der Waals surface area contributed by atoms with Gasteiger partial charge in [0.05, 0.1) is 6.04 Å². The number of rotatable bonds is 5. The lowest BCUT2D eigenvalue weighted by Gasteiger charge is -2.37. The van der Waals surface area contributed by atoms with E-state index in [9.17, 15) is 9.59 Å². The molecule has 1 aromatic rings. The zero-order chi connectivity index (χ0) is 17.1. The van der Waals surface area contributed by atoms with Crippen LogP contribution in [-0.2, 0) is 9.59 Å². The fraction of sp³-hybridized carbons (Fsp3) is 0.619. The van der Waals surface area contributed by atoms with Crippen molar-refractivity contribution in [1.82, 2.24) is 5.32 Å². The Morgan fingerprint density at radius 2 is 1.75 bits per heavy atom. The molecule has 1 N–H and O–H groups in total. The van der Waals surface area contributed by atoms with E-state index in [0.29, 0.717) is 11.7 Å². The molecule has 2 bridgehead atoms. The first-order valence-electron chi connectivity index (χ1n) is 9.43. The number of ketones is 1. The van der Waals surface area contributed by atoms with Crippen LogP contribution in [0.4, 0.5) is 0 Å². The monoisotopic (exact) mass is 327 g/mol. The van der Waals surface area contributed by atoms with Crippen LogP contribution < -0.4 is 5.32 Å². The second-order valence-electron chi connectivity index (χ2n) is 8.00. The van der Waals surface area contributed by atoms with E-state index in [0.717, 1.165) is 38.5 Å². The maximum Gasteiger partial charge on any atom is 0.223 e. The molecule has 0 heterocycles. The summed E-state index contributed by atoms with van der Waals surface area (Å²) < 4.78 is 0. The van der Waals surface area contributed by atoms with Crippen LogP contribution >= 0.6 is 0 Å². The average Bonchev–Trinajstić information content (AvgIpc) is 2.54. The Kier molecular flexibility index (Phi) is 5.37. The molecule has 0 saturated heterocycles. The van der Waals surface area contributed by atoms with Gasteiger partial charge in [-0.2, -0.15) is 0 Å². The van der Waals surface area contributed by atoms with Crippen LogP contribution in [0.3, 0.4) is 0 Å². The zero-order valence-corrected chi connectivity index (χ0v) is 14.8. The summed E-state index contributed by atoms with van der Waals surface area (Å²) in [5, 5.41) is 3.29. The Bertz CT molecular complexity index is 565. The van der Waals surface area contributed by atoms with Crippen LogP contribution in [0.1, 0.15) is 64.0 Å². The van der Waals surface area contributed by atoms with Gasteiger partial charge in [-0.05, 0) is 43.6 Å². The Labute approximate surface area is 145 Å². The van der Waals surface area contributed by atoms with Crippen molar-refractivity contribution in [1.29, 1.82) is 0 Å². The highest BCUT2D eigenvalue weighted by atomic mass is 16.2. The number of carbonyl (C=O) groups excluding carboxylic acids is 2. The molecule has 2 fully saturated rings. The maximum absolute atomic E-state index is 12.9. The zero-order valence-electron chi connectivity index (χ0n) is 14.8.